The number of rotatable bonds is 3. The van der Waals surface area contributed by atoms with Gasteiger partial charge in [-0.1, -0.05) is 13.8 Å². The van der Waals surface area contributed by atoms with Crippen molar-refractivity contribution in [2.75, 3.05) is 5.88 Å². The topological polar surface area (TPSA) is 29.1 Å². The first-order valence-corrected chi connectivity index (χ1v) is 8.46. The van der Waals surface area contributed by atoms with E-state index in [1.54, 1.807) is 0 Å². The van der Waals surface area contributed by atoms with Gasteiger partial charge in [0.1, 0.15) is 0 Å². The van der Waals surface area contributed by atoms with Gasteiger partial charge in [0.25, 0.3) is 0 Å². The van der Waals surface area contributed by atoms with Crippen LogP contribution in [-0.2, 0) is 4.79 Å². The van der Waals surface area contributed by atoms with Gasteiger partial charge in [-0.05, 0) is 63.2 Å². The van der Waals surface area contributed by atoms with E-state index >= 15 is 0 Å². The summed E-state index contributed by atoms with van der Waals surface area (Å²) in [6.07, 6.45) is 8.98. The third-order valence-corrected chi connectivity index (χ3v) is 5.77. The summed E-state index contributed by atoms with van der Waals surface area (Å²) < 4.78 is 0. The minimum atomic E-state index is -0.117. The van der Waals surface area contributed by atoms with Crippen molar-refractivity contribution in [3.63, 3.8) is 0 Å². The number of hydrogen-bond acceptors (Lipinski definition) is 1. The van der Waals surface area contributed by atoms with E-state index in [0.29, 0.717) is 5.88 Å². The Morgan fingerprint density at radius 2 is 1.58 bits per heavy atom. The summed E-state index contributed by atoms with van der Waals surface area (Å²) >= 11 is 6.18. The van der Waals surface area contributed by atoms with Crippen molar-refractivity contribution in [1.82, 2.24) is 5.32 Å². The molecule has 0 spiro atoms. The minimum Gasteiger partial charge on any atom is -0.349 e. The van der Waals surface area contributed by atoms with Crippen molar-refractivity contribution in [2.24, 2.45) is 17.8 Å². The molecule has 110 valence electrons. The number of nitrogens with one attached hydrogen (secondary N) is 1. The molecule has 2 rings (SSSR count). The molecule has 0 heterocycles. The van der Waals surface area contributed by atoms with E-state index in [1.165, 1.54) is 25.7 Å². The standard InChI is InChI=1S/C16H28ClNO/c1-12-3-5-14(6-4-12)15(19)18-16(11-17)9-7-13(2)8-10-16/h12-14H,3-11H2,1-2H3,(H,18,19). The Morgan fingerprint density at radius 3 is 2.11 bits per heavy atom. The van der Waals surface area contributed by atoms with Crippen LogP contribution in [0.3, 0.4) is 0 Å². The van der Waals surface area contributed by atoms with Gasteiger partial charge in [0.15, 0.2) is 0 Å². The van der Waals surface area contributed by atoms with Crippen LogP contribution in [-0.4, -0.2) is 17.3 Å². The van der Waals surface area contributed by atoms with Crippen LogP contribution in [0, 0.1) is 17.8 Å². The maximum Gasteiger partial charge on any atom is 0.223 e. The Hall–Kier alpha value is -0.240. The molecule has 1 N–H and O–H groups in total. The van der Waals surface area contributed by atoms with Gasteiger partial charge < -0.3 is 5.32 Å². The van der Waals surface area contributed by atoms with Gasteiger partial charge in [0.2, 0.25) is 5.91 Å². The fourth-order valence-corrected chi connectivity index (χ4v) is 3.83. The van der Waals surface area contributed by atoms with E-state index in [4.69, 9.17) is 11.6 Å². The normalized spacial score (nSPS) is 39.8. The molecule has 3 heteroatoms. The molecular weight excluding hydrogens is 258 g/mol. The first-order valence-electron chi connectivity index (χ1n) is 7.92. The lowest BCUT2D eigenvalue weighted by Gasteiger charge is -2.40. The van der Waals surface area contributed by atoms with E-state index in [-0.39, 0.29) is 17.4 Å². The molecule has 2 aliphatic carbocycles. The highest BCUT2D eigenvalue weighted by Crippen LogP contribution is 2.34. The van der Waals surface area contributed by atoms with E-state index in [1.807, 2.05) is 0 Å². The van der Waals surface area contributed by atoms with Gasteiger partial charge in [-0.2, -0.15) is 0 Å². The minimum absolute atomic E-state index is 0.117. The van der Waals surface area contributed by atoms with Crippen LogP contribution in [0.1, 0.15) is 65.2 Å². The molecule has 0 aromatic carbocycles. The first-order chi connectivity index (χ1) is 9.04. The number of halogens is 1. The predicted molar refractivity (Wildman–Crippen MR) is 80.3 cm³/mol. The molecule has 2 nitrogen and oxygen atoms in total. The molecule has 0 unspecified atom stereocenters. The van der Waals surface area contributed by atoms with Gasteiger partial charge in [0, 0.05) is 11.8 Å². The van der Waals surface area contributed by atoms with Gasteiger partial charge in [-0.25, -0.2) is 0 Å². The van der Waals surface area contributed by atoms with Crippen LogP contribution in [0.5, 0.6) is 0 Å². The van der Waals surface area contributed by atoms with Crippen LogP contribution in [0.15, 0.2) is 0 Å². The molecule has 0 radical (unpaired) electrons. The molecule has 0 bridgehead atoms. The average molecular weight is 286 g/mol. The summed E-state index contributed by atoms with van der Waals surface area (Å²) in [6, 6.07) is 0. The molecule has 1 amide bonds. The summed E-state index contributed by atoms with van der Waals surface area (Å²) in [5, 5.41) is 3.32. The van der Waals surface area contributed by atoms with E-state index in [0.717, 1.165) is 37.5 Å². The highest BCUT2D eigenvalue weighted by atomic mass is 35.5. The van der Waals surface area contributed by atoms with Crippen molar-refractivity contribution in [3.8, 4) is 0 Å². The summed E-state index contributed by atoms with van der Waals surface area (Å²) in [5.41, 5.74) is -0.117. The fourth-order valence-electron chi connectivity index (χ4n) is 3.49. The van der Waals surface area contributed by atoms with Crippen LogP contribution < -0.4 is 5.32 Å². The zero-order valence-electron chi connectivity index (χ0n) is 12.4. The Balaban J connectivity index is 1.89. The second-order valence-electron chi connectivity index (χ2n) is 7.04. The van der Waals surface area contributed by atoms with Crippen molar-refractivity contribution in [1.29, 1.82) is 0 Å². The highest BCUT2D eigenvalue weighted by molar-refractivity contribution is 6.18. The molecule has 0 saturated heterocycles. The van der Waals surface area contributed by atoms with E-state index in [9.17, 15) is 4.79 Å². The van der Waals surface area contributed by atoms with Gasteiger partial charge in [-0.3, -0.25) is 4.79 Å². The van der Waals surface area contributed by atoms with E-state index < -0.39 is 0 Å². The molecule has 0 aliphatic heterocycles. The Morgan fingerprint density at radius 1 is 1.05 bits per heavy atom. The summed E-state index contributed by atoms with van der Waals surface area (Å²) in [4.78, 5) is 12.4. The maximum absolute atomic E-state index is 12.4. The summed E-state index contributed by atoms with van der Waals surface area (Å²) in [6.45, 7) is 4.58. The highest BCUT2D eigenvalue weighted by Gasteiger charge is 2.36. The monoisotopic (exact) mass is 285 g/mol. The number of hydrogen-bond donors (Lipinski definition) is 1. The van der Waals surface area contributed by atoms with Crippen LogP contribution in [0.25, 0.3) is 0 Å². The van der Waals surface area contributed by atoms with Gasteiger partial charge in [-0.15, -0.1) is 11.6 Å². The Labute approximate surface area is 122 Å². The number of amides is 1. The lowest BCUT2D eigenvalue weighted by atomic mass is 9.77. The lowest BCUT2D eigenvalue weighted by molar-refractivity contribution is -0.128. The molecule has 0 aromatic rings. The summed E-state index contributed by atoms with van der Waals surface area (Å²) in [7, 11) is 0. The second kappa shape index (κ2) is 6.47. The second-order valence-corrected chi connectivity index (χ2v) is 7.31. The molecule has 0 atom stereocenters. The molecule has 19 heavy (non-hydrogen) atoms. The lowest BCUT2D eigenvalue weighted by Crippen LogP contribution is -2.54. The average Bonchev–Trinajstić information content (AvgIpc) is 2.42. The maximum atomic E-state index is 12.4. The van der Waals surface area contributed by atoms with Crippen LogP contribution >= 0.6 is 11.6 Å². The smallest absolute Gasteiger partial charge is 0.223 e. The number of carbonyl (C=O) groups is 1. The van der Waals surface area contributed by atoms with E-state index in [2.05, 4.69) is 19.2 Å². The van der Waals surface area contributed by atoms with Crippen molar-refractivity contribution < 1.29 is 4.79 Å². The Bertz CT molecular complexity index is 302. The third-order valence-electron chi connectivity index (χ3n) is 5.26. The zero-order valence-corrected chi connectivity index (χ0v) is 13.1. The largest absolute Gasteiger partial charge is 0.349 e. The van der Waals surface area contributed by atoms with Crippen molar-refractivity contribution in [3.05, 3.63) is 0 Å². The van der Waals surface area contributed by atoms with Gasteiger partial charge in [0.05, 0.1) is 5.54 Å². The number of carbonyl (C=O) groups excluding carboxylic acids is 1. The molecular formula is C16H28ClNO. The van der Waals surface area contributed by atoms with Gasteiger partial charge >= 0.3 is 0 Å². The van der Waals surface area contributed by atoms with Crippen molar-refractivity contribution in [2.45, 2.75) is 70.8 Å². The number of alkyl halides is 1. The fraction of sp³-hybridized carbons (Fsp3) is 0.938. The van der Waals surface area contributed by atoms with Crippen LogP contribution in [0.2, 0.25) is 0 Å². The quantitative estimate of drug-likeness (QED) is 0.777. The molecule has 0 aromatic heterocycles. The molecule has 2 aliphatic rings. The SMILES string of the molecule is CC1CCC(C(=O)NC2(CCl)CCC(C)CC2)CC1. The summed E-state index contributed by atoms with van der Waals surface area (Å²) in [5.74, 6) is 2.64. The third kappa shape index (κ3) is 3.87. The van der Waals surface area contributed by atoms with Crippen LogP contribution in [0.4, 0.5) is 0 Å². The molecule has 2 saturated carbocycles. The zero-order chi connectivity index (χ0) is 13.9. The van der Waals surface area contributed by atoms with Crippen molar-refractivity contribution >= 4 is 17.5 Å². The predicted octanol–water partition coefficient (Wildman–Crippen LogP) is 4.12. The molecule has 2 fully saturated rings. The first kappa shape index (κ1) is 15.2. The Kier molecular flexibility index (Phi) is 5.16.